The Morgan fingerprint density at radius 2 is 2.00 bits per heavy atom. The molecule has 1 aromatic rings. The molecule has 1 aliphatic carbocycles. The third-order valence-corrected chi connectivity index (χ3v) is 3.97. The molecule has 1 fully saturated rings. The average Bonchev–Trinajstić information content (AvgIpc) is 3.13. The van der Waals surface area contributed by atoms with E-state index in [1.54, 1.807) is 0 Å². The molecule has 1 atom stereocenters. The molecule has 0 saturated heterocycles. The van der Waals surface area contributed by atoms with Crippen LogP contribution < -0.4 is 5.32 Å². The average molecular weight is 231 g/mol. The van der Waals surface area contributed by atoms with Gasteiger partial charge in [0.15, 0.2) is 0 Å². The highest BCUT2D eigenvalue weighted by molar-refractivity contribution is 5.30. The normalized spacial score (nSPS) is 17.1. The SMILES string of the molecule is CCNC(CCc1ccc(C)c(C)c1)C1CC1. The molecule has 0 spiro atoms. The molecule has 0 radical (unpaired) electrons. The highest BCUT2D eigenvalue weighted by Crippen LogP contribution is 2.34. The zero-order valence-corrected chi connectivity index (χ0v) is 11.4. The molecule has 1 aromatic carbocycles. The predicted molar refractivity (Wildman–Crippen MR) is 74.4 cm³/mol. The lowest BCUT2D eigenvalue weighted by Gasteiger charge is -2.17. The van der Waals surface area contributed by atoms with E-state index in [1.165, 1.54) is 42.4 Å². The molecular weight excluding hydrogens is 206 g/mol. The van der Waals surface area contributed by atoms with Crippen LogP contribution in [0.1, 0.15) is 42.9 Å². The van der Waals surface area contributed by atoms with Gasteiger partial charge in [-0.2, -0.15) is 0 Å². The van der Waals surface area contributed by atoms with Crippen LogP contribution in [-0.4, -0.2) is 12.6 Å². The van der Waals surface area contributed by atoms with E-state index in [2.05, 4.69) is 44.3 Å². The Kier molecular flexibility index (Phi) is 4.22. The van der Waals surface area contributed by atoms with Crippen molar-refractivity contribution in [1.29, 1.82) is 0 Å². The van der Waals surface area contributed by atoms with E-state index in [0.29, 0.717) is 0 Å². The summed E-state index contributed by atoms with van der Waals surface area (Å²) in [5.74, 6) is 0.960. The lowest BCUT2D eigenvalue weighted by atomic mass is 9.99. The van der Waals surface area contributed by atoms with Gasteiger partial charge >= 0.3 is 0 Å². The Bertz CT molecular complexity index is 366. The molecular formula is C16H25N. The summed E-state index contributed by atoms with van der Waals surface area (Å²) in [6.45, 7) is 7.71. The summed E-state index contributed by atoms with van der Waals surface area (Å²) in [6.07, 6.45) is 5.38. The highest BCUT2D eigenvalue weighted by Gasteiger charge is 2.29. The van der Waals surface area contributed by atoms with Crippen molar-refractivity contribution in [3.63, 3.8) is 0 Å². The zero-order valence-electron chi connectivity index (χ0n) is 11.4. The number of benzene rings is 1. The number of aryl methyl sites for hydroxylation is 3. The van der Waals surface area contributed by atoms with Crippen LogP contribution >= 0.6 is 0 Å². The van der Waals surface area contributed by atoms with Gasteiger partial charge in [0.1, 0.15) is 0 Å². The molecule has 0 heterocycles. The lowest BCUT2D eigenvalue weighted by Crippen LogP contribution is -2.31. The first-order valence-electron chi connectivity index (χ1n) is 7.00. The third kappa shape index (κ3) is 3.57. The first-order chi connectivity index (χ1) is 8.20. The van der Waals surface area contributed by atoms with Gasteiger partial charge in [-0.25, -0.2) is 0 Å². The van der Waals surface area contributed by atoms with Gasteiger partial charge in [-0.3, -0.25) is 0 Å². The van der Waals surface area contributed by atoms with Crippen LogP contribution in [0.2, 0.25) is 0 Å². The first kappa shape index (κ1) is 12.6. The Morgan fingerprint density at radius 1 is 1.24 bits per heavy atom. The van der Waals surface area contributed by atoms with E-state index in [4.69, 9.17) is 0 Å². The molecule has 1 nitrogen and oxygen atoms in total. The maximum absolute atomic E-state index is 3.64. The topological polar surface area (TPSA) is 12.0 Å². The Hall–Kier alpha value is -0.820. The quantitative estimate of drug-likeness (QED) is 0.788. The fourth-order valence-corrected chi connectivity index (χ4v) is 2.55. The van der Waals surface area contributed by atoms with Crippen LogP contribution in [0.4, 0.5) is 0 Å². The molecule has 2 rings (SSSR count). The summed E-state index contributed by atoms with van der Waals surface area (Å²) in [7, 11) is 0. The number of nitrogens with one attached hydrogen (secondary N) is 1. The van der Waals surface area contributed by atoms with Gasteiger partial charge in [0.25, 0.3) is 0 Å². The fourth-order valence-electron chi connectivity index (χ4n) is 2.55. The molecule has 0 bridgehead atoms. The summed E-state index contributed by atoms with van der Waals surface area (Å²) in [5.41, 5.74) is 4.32. The zero-order chi connectivity index (χ0) is 12.3. The van der Waals surface area contributed by atoms with Gasteiger partial charge in [-0.15, -0.1) is 0 Å². The molecule has 1 unspecified atom stereocenters. The fraction of sp³-hybridized carbons (Fsp3) is 0.625. The van der Waals surface area contributed by atoms with Crippen molar-refractivity contribution >= 4 is 0 Å². The van der Waals surface area contributed by atoms with E-state index in [-0.39, 0.29) is 0 Å². The third-order valence-electron chi connectivity index (χ3n) is 3.97. The van der Waals surface area contributed by atoms with E-state index >= 15 is 0 Å². The number of rotatable bonds is 6. The van der Waals surface area contributed by atoms with Crippen LogP contribution in [0, 0.1) is 19.8 Å². The standard InChI is InChI=1S/C16H25N/c1-4-17-16(15-8-9-15)10-7-14-6-5-12(2)13(3)11-14/h5-6,11,15-17H,4,7-10H2,1-3H3. The molecule has 0 aliphatic heterocycles. The monoisotopic (exact) mass is 231 g/mol. The summed E-state index contributed by atoms with van der Waals surface area (Å²) < 4.78 is 0. The molecule has 1 N–H and O–H groups in total. The summed E-state index contributed by atoms with van der Waals surface area (Å²) in [5, 5.41) is 3.64. The van der Waals surface area contributed by atoms with Crippen molar-refractivity contribution in [3.05, 3.63) is 34.9 Å². The van der Waals surface area contributed by atoms with E-state index in [1.807, 2.05) is 0 Å². The molecule has 17 heavy (non-hydrogen) atoms. The van der Waals surface area contributed by atoms with E-state index in [9.17, 15) is 0 Å². The molecule has 0 aromatic heterocycles. The van der Waals surface area contributed by atoms with Gasteiger partial charge < -0.3 is 5.32 Å². The number of hydrogen-bond donors (Lipinski definition) is 1. The number of hydrogen-bond acceptors (Lipinski definition) is 1. The van der Waals surface area contributed by atoms with Crippen molar-refractivity contribution in [2.75, 3.05) is 6.54 Å². The Morgan fingerprint density at radius 3 is 2.59 bits per heavy atom. The maximum atomic E-state index is 3.64. The summed E-state index contributed by atoms with van der Waals surface area (Å²) >= 11 is 0. The van der Waals surface area contributed by atoms with Crippen molar-refractivity contribution in [3.8, 4) is 0 Å². The van der Waals surface area contributed by atoms with E-state index in [0.717, 1.165) is 18.5 Å². The highest BCUT2D eigenvalue weighted by atomic mass is 14.9. The maximum Gasteiger partial charge on any atom is 0.00983 e. The van der Waals surface area contributed by atoms with Gasteiger partial charge in [-0.1, -0.05) is 25.1 Å². The van der Waals surface area contributed by atoms with Crippen LogP contribution in [-0.2, 0) is 6.42 Å². The van der Waals surface area contributed by atoms with Crippen molar-refractivity contribution in [2.24, 2.45) is 5.92 Å². The second-order valence-electron chi connectivity index (χ2n) is 5.46. The lowest BCUT2D eigenvalue weighted by molar-refractivity contribution is 0.446. The smallest absolute Gasteiger partial charge is 0.00983 e. The van der Waals surface area contributed by atoms with Gasteiger partial charge in [-0.05, 0) is 68.7 Å². The Labute approximate surface area is 106 Å². The predicted octanol–water partition coefficient (Wildman–Crippen LogP) is 3.62. The van der Waals surface area contributed by atoms with Crippen LogP contribution in [0.15, 0.2) is 18.2 Å². The van der Waals surface area contributed by atoms with Gasteiger partial charge in [0.2, 0.25) is 0 Å². The van der Waals surface area contributed by atoms with Crippen molar-refractivity contribution in [1.82, 2.24) is 5.32 Å². The molecule has 1 aliphatic rings. The second-order valence-corrected chi connectivity index (χ2v) is 5.46. The second kappa shape index (κ2) is 5.68. The van der Waals surface area contributed by atoms with Gasteiger partial charge in [0, 0.05) is 6.04 Å². The van der Waals surface area contributed by atoms with Crippen LogP contribution in [0.25, 0.3) is 0 Å². The van der Waals surface area contributed by atoms with E-state index < -0.39 is 0 Å². The molecule has 1 heteroatoms. The van der Waals surface area contributed by atoms with Crippen LogP contribution in [0.3, 0.4) is 0 Å². The van der Waals surface area contributed by atoms with Gasteiger partial charge in [0.05, 0.1) is 0 Å². The van der Waals surface area contributed by atoms with Crippen molar-refractivity contribution in [2.45, 2.75) is 52.5 Å². The minimum atomic E-state index is 0.751. The van der Waals surface area contributed by atoms with Crippen LogP contribution in [0.5, 0.6) is 0 Å². The first-order valence-corrected chi connectivity index (χ1v) is 7.00. The molecule has 94 valence electrons. The molecule has 0 amide bonds. The van der Waals surface area contributed by atoms with Crippen molar-refractivity contribution < 1.29 is 0 Å². The Balaban J connectivity index is 1.89. The minimum absolute atomic E-state index is 0.751. The minimum Gasteiger partial charge on any atom is -0.314 e. The summed E-state index contributed by atoms with van der Waals surface area (Å²) in [6, 6.07) is 7.65. The largest absolute Gasteiger partial charge is 0.314 e. The summed E-state index contributed by atoms with van der Waals surface area (Å²) in [4.78, 5) is 0. The molecule has 1 saturated carbocycles.